The summed E-state index contributed by atoms with van der Waals surface area (Å²) in [4.78, 5) is 13.0. The van der Waals surface area contributed by atoms with Crippen molar-refractivity contribution in [3.8, 4) is 0 Å². The lowest BCUT2D eigenvalue weighted by Gasteiger charge is -2.32. The predicted octanol–water partition coefficient (Wildman–Crippen LogP) is 3.42. The van der Waals surface area contributed by atoms with Crippen LogP contribution in [0.2, 0.25) is 5.02 Å². The van der Waals surface area contributed by atoms with E-state index < -0.39 is 5.97 Å². The van der Waals surface area contributed by atoms with E-state index in [-0.39, 0.29) is 6.54 Å². The first-order chi connectivity index (χ1) is 8.61. The van der Waals surface area contributed by atoms with Gasteiger partial charge in [0.15, 0.2) is 0 Å². The van der Waals surface area contributed by atoms with Crippen LogP contribution in [-0.2, 0) is 4.79 Å². The Bertz CT molecular complexity index is 432. The van der Waals surface area contributed by atoms with E-state index in [9.17, 15) is 4.79 Å². The number of halogens is 1. The highest BCUT2D eigenvalue weighted by Crippen LogP contribution is 2.38. The summed E-state index contributed by atoms with van der Waals surface area (Å²) in [7, 11) is 0. The second kappa shape index (κ2) is 5.61. The van der Waals surface area contributed by atoms with E-state index in [1.807, 2.05) is 29.2 Å². The van der Waals surface area contributed by atoms with Crippen LogP contribution in [0.3, 0.4) is 0 Å². The van der Waals surface area contributed by atoms with Gasteiger partial charge in [0.1, 0.15) is 6.54 Å². The number of carbonyl (C=O) groups is 1. The monoisotopic (exact) mass is 267 g/mol. The van der Waals surface area contributed by atoms with Crippen LogP contribution in [0.4, 0.5) is 5.69 Å². The van der Waals surface area contributed by atoms with Crippen LogP contribution < -0.4 is 4.90 Å². The maximum Gasteiger partial charge on any atom is 0.323 e. The van der Waals surface area contributed by atoms with E-state index in [4.69, 9.17) is 16.7 Å². The smallest absolute Gasteiger partial charge is 0.323 e. The largest absolute Gasteiger partial charge is 0.480 e. The van der Waals surface area contributed by atoms with Crippen molar-refractivity contribution in [2.75, 3.05) is 11.4 Å². The quantitative estimate of drug-likeness (QED) is 0.859. The minimum absolute atomic E-state index is 0.0371. The Kier molecular flexibility index (Phi) is 4.12. The molecule has 0 aliphatic heterocycles. The maximum absolute atomic E-state index is 11.1. The SMILES string of the molecule is CCC(C1CC1)N(CC(=O)O)c1cccc(Cl)c1. The van der Waals surface area contributed by atoms with Crippen LogP contribution >= 0.6 is 11.6 Å². The average molecular weight is 268 g/mol. The number of nitrogens with zero attached hydrogens (tertiary/aromatic N) is 1. The molecule has 0 heterocycles. The molecule has 1 atom stereocenters. The fourth-order valence-corrected chi connectivity index (χ4v) is 2.67. The average Bonchev–Trinajstić information content (AvgIpc) is 3.12. The van der Waals surface area contributed by atoms with Gasteiger partial charge in [-0.3, -0.25) is 4.79 Å². The number of benzene rings is 1. The Balaban J connectivity index is 2.25. The molecule has 0 amide bonds. The van der Waals surface area contributed by atoms with Crippen LogP contribution in [0.1, 0.15) is 26.2 Å². The van der Waals surface area contributed by atoms with Crippen molar-refractivity contribution >= 4 is 23.3 Å². The van der Waals surface area contributed by atoms with Gasteiger partial charge in [0, 0.05) is 16.8 Å². The maximum atomic E-state index is 11.1. The molecule has 1 fully saturated rings. The lowest BCUT2D eigenvalue weighted by Crippen LogP contribution is -2.40. The minimum atomic E-state index is -0.797. The number of carboxylic acid groups (broad SMARTS) is 1. The molecule has 1 saturated carbocycles. The molecule has 1 aliphatic carbocycles. The van der Waals surface area contributed by atoms with Crippen LogP contribution in [0.5, 0.6) is 0 Å². The number of hydrogen-bond acceptors (Lipinski definition) is 2. The Labute approximate surface area is 112 Å². The van der Waals surface area contributed by atoms with E-state index in [1.165, 1.54) is 12.8 Å². The Hall–Kier alpha value is -1.22. The molecule has 1 aromatic carbocycles. The van der Waals surface area contributed by atoms with E-state index >= 15 is 0 Å². The van der Waals surface area contributed by atoms with E-state index in [0.29, 0.717) is 17.0 Å². The summed E-state index contributed by atoms with van der Waals surface area (Å²) in [5.74, 6) is -0.164. The van der Waals surface area contributed by atoms with Crippen molar-refractivity contribution in [2.45, 2.75) is 32.2 Å². The minimum Gasteiger partial charge on any atom is -0.480 e. The molecule has 4 heteroatoms. The fourth-order valence-electron chi connectivity index (χ4n) is 2.49. The van der Waals surface area contributed by atoms with Crippen LogP contribution in [0.25, 0.3) is 0 Å². The molecule has 2 rings (SSSR count). The Morgan fingerprint density at radius 2 is 2.28 bits per heavy atom. The summed E-state index contributed by atoms with van der Waals surface area (Å²) in [6.45, 7) is 2.15. The van der Waals surface area contributed by atoms with Crippen molar-refractivity contribution in [2.24, 2.45) is 5.92 Å². The van der Waals surface area contributed by atoms with Gasteiger partial charge in [0.2, 0.25) is 0 Å². The van der Waals surface area contributed by atoms with Crippen molar-refractivity contribution in [1.82, 2.24) is 0 Å². The van der Waals surface area contributed by atoms with E-state index in [2.05, 4.69) is 6.92 Å². The lowest BCUT2D eigenvalue weighted by molar-refractivity contribution is -0.135. The van der Waals surface area contributed by atoms with Gasteiger partial charge >= 0.3 is 5.97 Å². The Morgan fingerprint density at radius 1 is 1.56 bits per heavy atom. The molecule has 18 heavy (non-hydrogen) atoms. The van der Waals surface area contributed by atoms with Crippen LogP contribution in [0.15, 0.2) is 24.3 Å². The molecule has 98 valence electrons. The normalized spacial score (nSPS) is 16.3. The molecule has 0 spiro atoms. The highest BCUT2D eigenvalue weighted by atomic mass is 35.5. The van der Waals surface area contributed by atoms with Crippen LogP contribution in [-0.4, -0.2) is 23.7 Å². The highest BCUT2D eigenvalue weighted by Gasteiger charge is 2.35. The van der Waals surface area contributed by atoms with Crippen molar-refractivity contribution in [3.63, 3.8) is 0 Å². The zero-order valence-corrected chi connectivity index (χ0v) is 11.2. The number of anilines is 1. The van der Waals surface area contributed by atoms with Gasteiger partial charge in [-0.25, -0.2) is 0 Å². The molecule has 1 aromatic rings. The summed E-state index contributed by atoms with van der Waals surface area (Å²) >= 11 is 5.99. The van der Waals surface area contributed by atoms with Crippen molar-refractivity contribution in [1.29, 1.82) is 0 Å². The number of aliphatic carboxylic acids is 1. The summed E-state index contributed by atoms with van der Waals surface area (Å²) in [6, 6.07) is 7.75. The first kappa shape index (κ1) is 13.2. The first-order valence-electron chi connectivity index (χ1n) is 6.35. The first-order valence-corrected chi connectivity index (χ1v) is 6.73. The standard InChI is InChI=1S/C14H18ClNO2/c1-2-13(10-6-7-10)16(9-14(17)18)12-5-3-4-11(15)8-12/h3-5,8,10,13H,2,6-7,9H2,1H3,(H,17,18). The third kappa shape index (κ3) is 3.16. The third-order valence-electron chi connectivity index (χ3n) is 3.43. The number of hydrogen-bond donors (Lipinski definition) is 1. The molecule has 1 N–H and O–H groups in total. The van der Waals surface area contributed by atoms with Crippen molar-refractivity contribution < 1.29 is 9.90 Å². The van der Waals surface area contributed by atoms with Gasteiger partial charge in [0.05, 0.1) is 0 Å². The van der Waals surface area contributed by atoms with Gasteiger partial charge in [-0.2, -0.15) is 0 Å². The number of carboxylic acids is 1. The van der Waals surface area contributed by atoms with Gasteiger partial charge in [0.25, 0.3) is 0 Å². The second-order valence-corrected chi connectivity index (χ2v) is 5.25. The number of rotatable bonds is 6. The third-order valence-corrected chi connectivity index (χ3v) is 3.67. The summed E-state index contributed by atoms with van der Waals surface area (Å²) in [5.41, 5.74) is 0.906. The molecular weight excluding hydrogens is 250 g/mol. The molecule has 0 bridgehead atoms. The Morgan fingerprint density at radius 3 is 2.78 bits per heavy atom. The summed E-state index contributed by atoms with van der Waals surface area (Å²) in [6.07, 6.45) is 3.37. The fraction of sp³-hybridized carbons (Fsp3) is 0.500. The zero-order valence-electron chi connectivity index (χ0n) is 10.5. The lowest BCUT2D eigenvalue weighted by atomic mass is 10.1. The van der Waals surface area contributed by atoms with Gasteiger partial charge < -0.3 is 10.0 Å². The highest BCUT2D eigenvalue weighted by molar-refractivity contribution is 6.30. The second-order valence-electron chi connectivity index (χ2n) is 4.81. The van der Waals surface area contributed by atoms with Crippen LogP contribution in [0, 0.1) is 5.92 Å². The van der Waals surface area contributed by atoms with E-state index in [0.717, 1.165) is 12.1 Å². The zero-order chi connectivity index (χ0) is 13.1. The molecule has 1 unspecified atom stereocenters. The molecule has 3 nitrogen and oxygen atoms in total. The van der Waals surface area contributed by atoms with Gasteiger partial charge in [-0.15, -0.1) is 0 Å². The van der Waals surface area contributed by atoms with Gasteiger partial charge in [-0.1, -0.05) is 24.6 Å². The predicted molar refractivity (Wildman–Crippen MR) is 73.2 cm³/mol. The summed E-state index contributed by atoms with van der Waals surface area (Å²) < 4.78 is 0. The topological polar surface area (TPSA) is 40.5 Å². The van der Waals surface area contributed by atoms with Crippen molar-refractivity contribution in [3.05, 3.63) is 29.3 Å². The summed E-state index contributed by atoms with van der Waals surface area (Å²) in [5, 5.41) is 9.73. The molecule has 1 aliphatic rings. The molecule has 0 radical (unpaired) electrons. The van der Waals surface area contributed by atoms with Gasteiger partial charge in [-0.05, 0) is 43.4 Å². The molecule has 0 saturated heterocycles. The van der Waals surface area contributed by atoms with E-state index in [1.54, 1.807) is 0 Å². The molecule has 0 aromatic heterocycles. The molecular formula is C14H18ClNO2.